The molecule has 16 heavy (non-hydrogen) atoms. The summed E-state index contributed by atoms with van der Waals surface area (Å²) >= 11 is 0. The molecule has 1 atom stereocenters. The van der Waals surface area contributed by atoms with Gasteiger partial charge in [-0.2, -0.15) is 0 Å². The standard InChI is InChI=1S/C13H21N3/c1-3-12-5-4-8-16(12)13-6-7-15-10-11(13)9-14-2/h6-7,10,12,14H,3-5,8-9H2,1-2H3. The van der Waals surface area contributed by atoms with Gasteiger partial charge >= 0.3 is 0 Å². The third kappa shape index (κ3) is 2.19. The van der Waals surface area contributed by atoms with Gasteiger partial charge in [0.1, 0.15) is 0 Å². The molecule has 0 radical (unpaired) electrons. The van der Waals surface area contributed by atoms with Crippen molar-refractivity contribution in [3.63, 3.8) is 0 Å². The van der Waals surface area contributed by atoms with Crippen molar-refractivity contribution in [2.45, 2.75) is 38.8 Å². The van der Waals surface area contributed by atoms with Crippen LogP contribution in [0.25, 0.3) is 0 Å². The zero-order chi connectivity index (χ0) is 11.4. The van der Waals surface area contributed by atoms with Crippen LogP contribution in [0, 0.1) is 0 Å². The Morgan fingerprint density at radius 1 is 1.56 bits per heavy atom. The van der Waals surface area contributed by atoms with Crippen LogP contribution in [0.5, 0.6) is 0 Å². The molecule has 88 valence electrons. The quantitative estimate of drug-likeness (QED) is 0.841. The summed E-state index contributed by atoms with van der Waals surface area (Å²) in [7, 11) is 1.98. The van der Waals surface area contributed by atoms with E-state index in [1.165, 1.54) is 37.1 Å². The van der Waals surface area contributed by atoms with Crippen LogP contribution < -0.4 is 10.2 Å². The number of nitrogens with zero attached hydrogens (tertiary/aromatic N) is 2. The van der Waals surface area contributed by atoms with Crippen molar-refractivity contribution in [2.24, 2.45) is 0 Å². The smallest absolute Gasteiger partial charge is 0.0445 e. The van der Waals surface area contributed by atoms with Crippen LogP contribution in [-0.4, -0.2) is 24.6 Å². The molecular weight excluding hydrogens is 198 g/mol. The minimum Gasteiger partial charge on any atom is -0.368 e. The lowest BCUT2D eigenvalue weighted by molar-refractivity contribution is 0.641. The highest BCUT2D eigenvalue weighted by atomic mass is 15.2. The van der Waals surface area contributed by atoms with Crippen LogP contribution in [0.4, 0.5) is 5.69 Å². The number of hydrogen-bond acceptors (Lipinski definition) is 3. The number of nitrogens with one attached hydrogen (secondary N) is 1. The van der Waals surface area contributed by atoms with Crippen LogP contribution in [0.15, 0.2) is 18.5 Å². The van der Waals surface area contributed by atoms with Crippen LogP contribution in [0.2, 0.25) is 0 Å². The van der Waals surface area contributed by atoms with Crippen LogP contribution in [0.3, 0.4) is 0 Å². The van der Waals surface area contributed by atoms with E-state index >= 15 is 0 Å². The molecule has 0 aliphatic carbocycles. The van der Waals surface area contributed by atoms with Crippen molar-refractivity contribution in [3.05, 3.63) is 24.0 Å². The zero-order valence-corrected chi connectivity index (χ0v) is 10.2. The summed E-state index contributed by atoms with van der Waals surface area (Å²) in [5, 5.41) is 3.21. The fourth-order valence-electron chi connectivity index (χ4n) is 2.60. The second kappa shape index (κ2) is 5.30. The molecule has 0 aromatic carbocycles. The van der Waals surface area contributed by atoms with Crippen molar-refractivity contribution in [2.75, 3.05) is 18.5 Å². The summed E-state index contributed by atoms with van der Waals surface area (Å²) in [6, 6.07) is 2.87. The van der Waals surface area contributed by atoms with Gasteiger partial charge in [0.15, 0.2) is 0 Å². The number of pyridine rings is 1. The Hall–Kier alpha value is -1.09. The first-order valence-electron chi connectivity index (χ1n) is 6.21. The van der Waals surface area contributed by atoms with Crippen LogP contribution in [0.1, 0.15) is 31.7 Å². The predicted octanol–water partition coefficient (Wildman–Crippen LogP) is 2.18. The van der Waals surface area contributed by atoms with Gasteiger partial charge in [-0.1, -0.05) is 6.92 Å². The molecule has 2 rings (SSSR count). The molecule has 1 aromatic heterocycles. The average Bonchev–Trinajstić information content (AvgIpc) is 2.78. The molecular formula is C13H21N3. The van der Waals surface area contributed by atoms with Crippen molar-refractivity contribution in [3.8, 4) is 0 Å². The Bertz CT molecular complexity index is 338. The first-order chi connectivity index (χ1) is 7.86. The maximum absolute atomic E-state index is 4.22. The third-order valence-electron chi connectivity index (χ3n) is 3.40. The highest BCUT2D eigenvalue weighted by Crippen LogP contribution is 2.29. The predicted molar refractivity (Wildman–Crippen MR) is 67.7 cm³/mol. The van der Waals surface area contributed by atoms with Gasteiger partial charge in [-0.15, -0.1) is 0 Å². The van der Waals surface area contributed by atoms with Gasteiger partial charge in [-0.3, -0.25) is 4.98 Å². The van der Waals surface area contributed by atoms with E-state index < -0.39 is 0 Å². The Labute approximate surface area is 97.9 Å². The van der Waals surface area contributed by atoms with E-state index in [1.807, 2.05) is 19.4 Å². The van der Waals surface area contributed by atoms with E-state index in [0.29, 0.717) is 0 Å². The van der Waals surface area contributed by atoms with E-state index in [0.717, 1.165) is 12.6 Å². The fraction of sp³-hybridized carbons (Fsp3) is 0.615. The molecule has 2 heterocycles. The SMILES string of the molecule is CCC1CCCN1c1ccncc1CNC. The summed E-state index contributed by atoms with van der Waals surface area (Å²) in [6.45, 7) is 4.37. The molecule has 1 N–H and O–H groups in total. The summed E-state index contributed by atoms with van der Waals surface area (Å²) < 4.78 is 0. The highest BCUT2D eigenvalue weighted by molar-refractivity contribution is 5.53. The second-order valence-electron chi connectivity index (χ2n) is 4.43. The second-order valence-corrected chi connectivity index (χ2v) is 4.43. The Balaban J connectivity index is 2.24. The molecule has 1 fully saturated rings. The first-order valence-corrected chi connectivity index (χ1v) is 6.21. The minimum absolute atomic E-state index is 0.720. The largest absolute Gasteiger partial charge is 0.368 e. The van der Waals surface area contributed by atoms with Gasteiger partial charge in [0.2, 0.25) is 0 Å². The number of rotatable bonds is 4. The van der Waals surface area contributed by atoms with Crippen LogP contribution in [-0.2, 0) is 6.54 Å². The van der Waals surface area contributed by atoms with E-state index in [1.54, 1.807) is 0 Å². The lowest BCUT2D eigenvalue weighted by atomic mass is 10.1. The molecule has 1 aliphatic heterocycles. The molecule has 0 saturated carbocycles. The van der Waals surface area contributed by atoms with Gasteiger partial charge in [-0.25, -0.2) is 0 Å². The molecule has 0 spiro atoms. The lowest BCUT2D eigenvalue weighted by Crippen LogP contribution is -2.29. The van der Waals surface area contributed by atoms with E-state index in [2.05, 4.69) is 28.2 Å². The average molecular weight is 219 g/mol. The summed E-state index contributed by atoms with van der Waals surface area (Å²) in [4.78, 5) is 6.77. The summed E-state index contributed by atoms with van der Waals surface area (Å²) in [6.07, 6.45) is 7.77. The van der Waals surface area contributed by atoms with Crippen molar-refractivity contribution < 1.29 is 0 Å². The molecule has 0 amide bonds. The Kier molecular flexibility index (Phi) is 3.78. The molecule has 1 aliphatic rings. The van der Waals surface area contributed by atoms with Crippen LogP contribution >= 0.6 is 0 Å². The highest BCUT2D eigenvalue weighted by Gasteiger charge is 2.24. The summed E-state index contributed by atoms with van der Waals surface area (Å²) in [5.41, 5.74) is 2.68. The number of aromatic nitrogens is 1. The monoisotopic (exact) mass is 219 g/mol. The van der Waals surface area contributed by atoms with Gasteiger partial charge in [0, 0.05) is 42.8 Å². The van der Waals surface area contributed by atoms with Gasteiger partial charge in [0.25, 0.3) is 0 Å². The third-order valence-corrected chi connectivity index (χ3v) is 3.40. The van der Waals surface area contributed by atoms with Crippen molar-refractivity contribution >= 4 is 5.69 Å². The summed E-state index contributed by atoms with van der Waals surface area (Å²) in [5.74, 6) is 0. The molecule has 0 bridgehead atoms. The lowest BCUT2D eigenvalue weighted by Gasteiger charge is -2.27. The maximum Gasteiger partial charge on any atom is 0.0445 e. The normalized spacial score (nSPS) is 20.4. The number of anilines is 1. The van der Waals surface area contributed by atoms with Gasteiger partial charge in [-0.05, 0) is 32.4 Å². The topological polar surface area (TPSA) is 28.2 Å². The molecule has 3 heteroatoms. The van der Waals surface area contributed by atoms with Crippen molar-refractivity contribution in [1.29, 1.82) is 0 Å². The Morgan fingerprint density at radius 3 is 3.19 bits per heavy atom. The van der Waals surface area contributed by atoms with E-state index in [-0.39, 0.29) is 0 Å². The minimum atomic E-state index is 0.720. The fourth-order valence-corrected chi connectivity index (χ4v) is 2.60. The van der Waals surface area contributed by atoms with Gasteiger partial charge < -0.3 is 10.2 Å². The maximum atomic E-state index is 4.22. The molecule has 1 unspecified atom stereocenters. The molecule has 1 aromatic rings. The van der Waals surface area contributed by atoms with Crippen molar-refractivity contribution in [1.82, 2.24) is 10.3 Å². The Morgan fingerprint density at radius 2 is 2.44 bits per heavy atom. The van der Waals surface area contributed by atoms with E-state index in [9.17, 15) is 0 Å². The first kappa shape index (κ1) is 11.4. The zero-order valence-electron chi connectivity index (χ0n) is 10.2. The molecule has 3 nitrogen and oxygen atoms in total. The van der Waals surface area contributed by atoms with E-state index in [4.69, 9.17) is 0 Å². The molecule has 1 saturated heterocycles. The number of hydrogen-bond donors (Lipinski definition) is 1. The van der Waals surface area contributed by atoms with Gasteiger partial charge in [0.05, 0.1) is 0 Å².